The molecule has 174 valence electrons. The maximum Gasteiger partial charge on any atom is 0.272 e. The minimum atomic E-state index is -3.58. The first-order valence-electron chi connectivity index (χ1n) is 10.7. The molecule has 0 radical (unpaired) electrons. The normalized spacial score (nSPS) is 13.7. The first-order valence-corrected chi connectivity index (χ1v) is 13.4. The molecule has 0 aliphatic heterocycles. The number of nitrogens with two attached hydrogens (primary N) is 1. The van der Waals surface area contributed by atoms with Crippen molar-refractivity contribution in [2.24, 2.45) is 5.84 Å². The van der Waals surface area contributed by atoms with Gasteiger partial charge in [0.05, 0.1) is 12.3 Å². The van der Waals surface area contributed by atoms with Crippen molar-refractivity contribution in [3.8, 4) is 11.1 Å². The smallest absolute Gasteiger partial charge is 0.272 e. The molecular weight excluding hydrogens is 467 g/mol. The molecule has 0 fully saturated rings. The van der Waals surface area contributed by atoms with Crippen LogP contribution in [0.15, 0.2) is 95.7 Å². The second-order valence-electron chi connectivity index (χ2n) is 7.58. The Hall–Kier alpha value is -3.06. The SMILES string of the molecule is CCOP(=O)(c1ccccc1)C(O)c1ccc(C(=O)N(N)c2cccc(-c3ccsc3)c2)cc1. The van der Waals surface area contributed by atoms with Crippen molar-refractivity contribution in [2.75, 3.05) is 11.6 Å². The van der Waals surface area contributed by atoms with E-state index < -0.39 is 19.1 Å². The molecule has 1 heterocycles. The first kappa shape index (κ1) is 24.1. The number of benzene rings is 3. The van der Waals surface area contributed by atoms with E-state index in [2.05, 4.69) is 0 Å². The average molecular weight is 493 g/mol. The highest BCUT2D eigenvalue weighted by atomic mass is 32.1. The molecule has 3 aromatic carbocycles. The molecule has 34 heavy (non-hydrogen) atoms. The molecule has 0 aliphatic carbocycles. The van der Waals surface area contributed by atoms with Crippen LogP contribution in [-0.4, -0.2) is 17.6 Å². The first-order chi connectivity index (χ1) is 16.4. The van der Waals surface area contributed by atoms with Crippen molar-refractivity contribution >= 4 is 35.6 Å². The van der Waals surface area contributed by atoms with Gasteiger partial charge in [0.2, 0.25) is 0 Å². The van der Waals surface area contributed by atoms with E-state index in [-0.39, 0.29) is 6.61 Å². The summed E-state index contributed by atoms with van der Waals surface area (Å²) in [5.74, 6) is 4.38. The van der Waals surface area contributed by atoms with Gasteiger partial charge in [-0.25, -0.2) is 10.9 Å². The van der Waals surface area contributed by atoms with Crippen LogP contribution in [0.25, 0.3) is 11.1 Å². The maximum atomic E-state index is 13.6. The number of nitrogens with zero attached hydrogens (tertiary/aromatic N) is 1. The predicted octanol–water partition coefficient (Wildman–Crippen LogP) is 5.57. The van der Waals surface area contributed by atoms with Gasteiger partial charge in [-0.15, -0.1) is 0 Å². The Balaban J connectivity index is 1.56. The molecule has 0 bridgehead atoms. The summed E-state index contributed by atoms with van der Waals surface area (Å²) in [5.41, 5.74) is 3.31. The number of aliphatic hydroxyl groups is 1. The van der Waals surface area contributed by atoms with E-state index in [1.54, 1.807) is 78.9 Å². The zero-order chi connectivity index (χ0) is 24.1. The summed E-state index contributed by atoms with van der Waals surface area (Å²) < 4.78 is 19.1. The van der Waals surface area contributed by atoms with E-state index in [0.717, 1.165) is 16.1 Å². The minimum absolute atomic E-state index is 0.187. The van der Waals surface area contributed by atoms with E-state index in [0.29, 0.717) is 22.1 Å². The van der Waals surface area contributed by atoms with Crippen molar-refractivity contribution in [3.63, 3.8) is 0 Å². The summed E-state index contributed by atoms with van der Waals surface area (Å²) in [4.78, 5) is 13.0. The highest BCUT2D eigenvalue weighted by Crippen LogP contribution is 2.57. The van der Waals surface area contributed by atoms with E-state index in [9.17, 15) is 14.5 Å². The van der Waals surface area contributed by atoms with E-state index in [1.807, 2.05) is 35.0 Å². The quantitative estimate of drug-likeness (QED) is 0.145. The van der Waals surface area contributed by atoms with E-state index in [1.165, 1.54) is 0 Å². The lowest BCUT2D eigenvalue weighted by Gasteiger charge is -2.24. The third-order valence-electron chi connectivity index (χ3n) is 5.41. The Labute approximate surface area is 202 Å². The Morgan fingerprint density at radius 3 is 2.41 bits per heavy atom. The second kappa shape index (κ2) is 10.5. The lowest BCUT2D eigenvalue weighted by Crippen LogP contribution is -2.37. The maximum absolute atomic E-state index is 13.6. The van der Waals surface area contributed by atoms with Crippen LogP contribution < -0.4 is 16.2 Å². The predicted molar refractivity (Wildman–Crippen MR) is 137 cm³/mol. The molecule has 4 aromatic rings. The van der Waals surface area contributed by atoms with Crippen LogP contribution in [0.4, 0.5) is 5.69 Å². The molecule has 6 nitrogen and oxygen atoms in total. The monoisotopic (exact) mass is 492 g/mol. The zero-order valence-electron chi connectivity index (χ0n) is 18.6. The van der Waals surface area contributed by atoms with Crippen molar-refractivity contribution in [1.29, 1.82) is 0 Å². The topological polar surface area (TPSA) is 92.9 Å². The summed E-state index contributed by atoms with van der Waals surface area (Å²) in [6.07, 6.45) is 0. The van der Waals surface area contributed by atoms with Crippen LogP contribution in [0.5, 0.6) is 0 Å². The fraction of sp³-hybridized carbons (Fsp3) is 0.115. The molecule has 3 N–H and O–H groups in total. The van der Waals surface area contributed by atoms with E-state index in [4.69, 9.17) is 10.4 Å². The highest BCUT2D eigenvalue weighted by molar-refractivity contribution is 7.67. The Bertz CT molecular complexity index is 1290. The Morgan fingerprint density at radius 1 is 1.03 bits per heavy atom. The van der Waals surface area contributed by atoms with Gasteiger partial charge in [0.25, 0.3) is 13.3 Å². The minimum Gasteiger partial charge on any atom is -0.378 e. The van der Waals surface area contributed by atoms with Gasteiger partial charge < -0.3 is 9.63 Å². The van der Waals surface area contributed by atoms with Crippen LogP contribution in [0, 0.1) is 0 Å². The molecule has 4 rings (SSSR count). The molecule has 0 saturated heterocycles. The number of rotatable bonds is 8. The van der Waals surface area contributed by atoms with Gasteiger partial charge >= 0.3 is 0 Å². The molecule has 1 amide bonds. The largest absolute Gasteiger partial charge is 0.378 e. The number of amides is 1. The second-order valence-corrected chi connectivity index (χ2v) is 10.8. The lowest BCUT2D eigenvalue weighted by atomic mass is 10.1. The van der Waals surface area contributed by atoms with Gasteiger partial charge in [0.15, 0.2) is 5.85 Å². The summed E-state index contributed by atoms with van der Waals surface area (Å²) in [5, 5.41) is 16.5. The molecule has 0 spiro atoms. The number of carbonyl (C=O) groups excluding carboxylic acids is 1. The fourth-order valence-electron chi connectivity index (χ4n) is 3.63. The summed E-state index contributed by atoms with van der Waals surface area (Å²) in [6.45, 7) is 1.92. The van der Waals surface area contributed by atoms with Crippen LogP contribution in [-0.2, 0) is 9.09 Å². The fourth-order valence-corrected chi connectivity index (χ4v) is 6.40. The summed E-state index contributed by atoms with van der Waals surface area (Å²) in [6, 6.07) is 24.4. The van der Waals surface area contributed by atoms with Gasteiger partial charge in [-0.05, 0) is 76.8 Å². The number of hydrazine groups is 1. The van der Waals surface area contributed by atoms with Gasteiger partial charge in [-0.1, -0.05) is 42.5 Å². The lowest BCUT2D eigenvalue weighted by molar-refractivity contribution is 0.0987. The Kier molecular flexibility index (Phi) is 7.41. The van der Waals surface area contributed by atoms with Gasteiger partial charge in [-0.2, -0.15) is 11.3 Å². The van der Waals surface area contributed by atoms with Gasteiger partial charge in [0, 0.05) is 10.9 Å². The van der Waals surface area contributed by atoms with Crippen LogP contribution in [0.1, 0.15) is 28.7 Å². The number of thiophene rings is 1. The van der Waals surface area contributed by atoms with Crippen LogP contribution in [0.2, 0.25) is 0 Å². The highest BCUT2D eigenvalue weighted by Gasteiger charge is 2.36. The van der Waals surface area contributed by atoms with Gasteiger partial charge in [0.1, 0.15) is 0 Å². The standard InChI is InChI=1S/C26H25N2O4PS/c1-2-32-33(31,24-9-4-3-5-10-24)26(30)20-13-11-19(12-14-20)25(29)28(27)23-8-6-7-21(17-23)22-15-16-34-18-22/h3-18,26,30H,2,27H2,1H3. The van der Waals surface area contributed by atoms with Gasteiger partial charge in [-0.3, -0.25) is 9.36 Å². The zero-order valence-corrected chi connectivity index (χ0v) is 20.3. The van der Waals surface area contributed by atoms with E-state index >= 15 is 0 Å². The number of hydrogen-bond acceptors (Lipinski definition) is 6. The molecular formula is C26H25N2O4PS. The summed E-state index contributed by atoms with van der Waals surface area (Å²) in [7, 11) is -3.58. The number of carbonyl (C=O) groups is 1. The molecule has 1 aromatic heterocycles. The van der Waals surface area contributed by atoms with Crippen LogP contribution >= 0.6 is 18.7 Å². The number of aliphatic hydroxyl groups excluding tert-OH is 1. The average Bonchev–Trinajstić information content (AvgIpc) is 3.43. The third kappa shape index (κ3) is 4.89. The molecule has 2 atom stereocenters. The van der Waals surface area contributed by atoms with Crippen molar-refractivity contribution in [1.82, 2.24) is 0 Å². The molecule has 8 heteroatoms. The molecule has 0 saturated carbocycles. The van der Waals surface area contributed by atoms with Crippen molar-refractivity contribution < 1.29 is 19.0 Å². The summed E-state index contributed by atoms with van der Waals surface area (Å²) >= 11 is 1.60. The molecule has 2 unspecified atom stereocenters. The molecule has 0 aliphatic rings. The third-order valence-corrected chi connectivity index (χ3v) is 8.70. The van der Waals surface area contributed by atoms with Crippen molar-refractivity contribution in [2.45, 2.75) is 12.8 Å². The van der Waals surface area contributed by atoms with Crippen LogP contribution in [0.3, 0.4) is 0 Å². The Morgan fingerprint density at radius 2 is 1.76 bits per heavy atom. The van der Waals surface area contributed by atoms with Crippen molar-refractivity contribution in [3.05, 3.63) is 107 Å². The number of hydrogen-bond donors (Lipinski definition) is 2. The number of anilines is 1.